The third-order valence-corrected chi connectivity index (χ3v) is 6.56. The molecular weight excluding hydrogens is 432 g/mol. The minimum atomic E-state index is -0.843. The van der Waals surface area contributed by atoms with E-state index in [2.05, 4.69) is 24.3 Å². The van der Waals surface area contributed by atoms with Crippen molar-refractivity contribution in [3.05, 3.63) is 60.2 Å². The highest BCUT2D eigenvalue weighted by Gasteiger charge is 2.32. The number of hydrogen-bond acceptors (Lipinski definition) is 5. The number of fused-ring (bicyclic) bond motifs is 1. The van der Waals surface area contributed by atoms with Crippen molar-refractivity contribution >= 4 is 23.5 Å². The smallest absolute Gasteiger partial charge is 0.308 e. The third-order valence-electron chi connectivity index (χ3n) is 6.56. The summed E-state index contributed by atoms with van der Waals surface area (Å²) in [6.45, 7) is 4.83. The maximum atomic E-state index is 12.8. The predicted molar refractivity (Wildman–Crippen MR) is 129 cm³/mol. The van der Waals surface area contributed by atoms with Crippen LogP contribution in [0.25, 0.3) is 0 Å². The average Bonchev–Trinajstić information content (AvgIpc) is 2.85. The molecule has 7 nitrogen and oxygen atoms in total. The van der Waals surface area contributed by atoms with Crippen molar-refractivity contribution < 1.29 is 23.9 Å². The number of ether oxygens (including phenoxy) is 2. The zero-order valence-electron chi connectivity index (χ0n) is 19.8. The summed E-state index contributed by atoms with van der Waals surface area (Å²) >= 11 is 0. The van der Waals surface area contributed by atoms with Gasteiger partial charge in [0.05, 0.1) is 12.1 Å². The molecule has 0 N–H and O–H groups in total. The molecule has 2 aliphatic rings. The topological polar surface area (TPSA) is 76.2 Å². The predicted octanol–water partition coefficient (Wildman–Crippen LogP) is 3.60. The molecule has 0 spiro atoms. The molecule has 0 unspecified atom stereocenters. The fourth-order valence-electron chi connectivity index (χ4n) is 4.66. The number of rotatable bonds is 7. The van der Waals surface area contributed by atoms with Crippen LogP contribution in [0.2, 0.25) is 0 Å². The summed E-state index contributed by atoms with van der Waals surface area (Å²) < 4.78 is 11.1. The van der Waals surface area contributed by atoms with Crippen molar-refractivity contribution in [3.8, 4) is 5.75 Å². The van der Waals surface area contributed by atoms with Crippen molar-refractivity contribution in [2.24, 2.45) is 5.92 Å². The van der Waals surface area contributed by atoms with Crippen molar-refractivity contribution in [1.82, 2.24) is 4.90 Å². The number of carbonyl (C=O) groups excluding carboxylic acids is 3. The van der Waals surface area contributed by atoms with Gasteiger partial charge in [-0.1, -0.05) is 42.5 Å². The van der Waals surface area contributed by atoms with Gasteiger partial charge in [0.2, 0.25) is 0 Å². The van der Waals surface area contributed by atoms with E-state index in [4.69, 9.17) is 9.47 Å². The molecule has 2 aromatic rings. The van der Waals surface area contributed by atoms with E-state index in [9.17, 15) is 14.4 Å². The number of para-hydroxylation sites is 2. The Bertz CT molecular complexity index is 1020. The second kappa shape index (κ2) is 10.7. The van der Waals surface area contributed by atoms with E-state index in [1.54, 1.807) is 35.8 Å². The maximum absolute atomic E-state index is 12.8. The summed E-state index contributed by atoms with van der Waals surface area (Å²) in [4.78, 5) is 41.2. The van der Waals surface area contributed by atoms with Gasteiger partial charge in [0.1, 0.15) is 5.75 Å². The molecular formula is C27H32N2O5. The number of carbonyl (C=O) groups is 3. The molecule has 180 valence electrons. The van der Waals surface area contributed by atoms with Crippen molar-refractivity contribution in [2.45, 2.75) is 51.7 Å². The summed E-state index contributed by atoms with van der Waals surface area (Å²) in [5.41, 5.74) is 1.96. The molecule has 4 rings (SSSR count). The molecule has 1 fully saturated rings. The molecule has 0 aliphatic carbocycles. The number of likely N-dealkylation sites (tertiary alicyclic amines) is 1. The minimum Gasteiger partial charge on any atom is -0.479 e. The molecule has 7 heteroatoms. The Balaban J connectivity index is 1.24. The highest BCUT2D eigenvalue weighted by Crippen LogP contribution is 2.33. The summed E-state index contributed by atoms with van der Waals surface area (Å²) in [6, 6.07) is 17.7. The van der Waals surface area contributed by atoms with Crippen LogP contribution in [0.1, 0.15) is 38.7 Å². The van der Waals surface area contributed by atoms with Gasteiger partial charge in [0, 0.05) is 19.6 Å². The van der Waals surface area contributed by atoms with Crippen LogP contribution in [0, 0.1) is 5.92 Å². The lowest BCUT2D eigenvalue weighted by Gasteiger charge is -2.34. The molecule has 0 aromatic heterocycles. The second-order valence-electron chi connectivity index (χ2n) is 9.06. The number of anilines is 1. The van der Waals surface area contributed by atoms with Gasteiger partial charge in [-0.05, 0) is 56.7 Å². The van der Waals surface area contributed by atoms with E-state index in [0.717, 1.165) is 19.3 Å². The Morgan fingerprint density at radius 1 is 1.06 bits per heavy atom. The second-order valence-corrected chi connectivity index (χ2v) is 9.06. The molecule has 1 saturated heterocycles. The first-order chi connectivity index (χ1) is 16.4. The van der Waals surface area contributed by atoms with Gasteiger partial charge in [0.15, 0.2) is 12.2 Å². The molecule has 0 saturated carbocycles. The molecule has 2 atom stereocenters. The summed E-state index contributed by atoms with van der Waals surface area (Å²) in [6.07, 6.45) is 1.45. The molecule has 2 aromatic carbocycles. The van der Waals surface area contributed by atoms with Crippen molar-refractivity contribution in [1.29, 1.82) is 0 Å². The molecule has 2 amide bonds. The lowest BCUT2D eigenvalue weighted by molar-refractivity contribution is -0.159. The highest BCUT2D eigenvalue weighted by atomic mass is 16.5. The summed E-state index contributed by atoms with van der Waals surface area (Å²) in [5.74, 6) is 0.314. The zero-order valence-corrected chi connectivity index (χ0v) is 19.8. The SMILES string of the molecule is C[C@@H]1Oc2ccccc2N(CCC(=O)O[C@H](C)C(=O)N2CCC(Cc3ccccc3)CC2)C1=O. The largest absolute Gasteiger partial charge is 0.479 e. The monoisotopic (exact) mass is 464 g/mol. The first-order valence-electron chi connectivity index (χ1n) is 12.0. The van der Waals surface area contributed by atoms with E-state index in [1.807, 2.05) is 18.2 Å². The first-order valence-corrected chi connectivity index (χ1v) is 12.0. The van der Waals surface area contributed by atoms with Crippen LogP contribution in [0.5, 0.6) is 5.75 Å². The Kier molecular flexibility index (Phi) is 7.50. The van der Waals surface area contributed by atoms with Crippen LogP contribution in [-0.2, 0) is 25.5 Å². The highest BCUT2D eigenvalue weighted by molar-refractivity contribution is 6.00. The van der Waals surface area contributed by atoms with Crippen LogP contribution in [-0.4, -0.2) is 54.5 Å². The summed E-state index contributed by atoms with van der Waals surface area (Å²) in [7, 11) is 0. The first kappa shape index (κ1) is 23.8. The van der Waals surface area contributed by atoms with Gasteiger partial charge in [-0.15, -0.1) is 0 Å². The lowest BCUT2D eigenvalue weighted by Crippen LogP contribution is -2.46. The minimum absolute atomic E-state index is 0.00354. The van der Waals surface area contributed by atoms with E-state index in [1.165, 1.54) is 5.56 Å². The van der Waals surface area contributed by atoms with Gasteiger partial charge in [-0.25, -0.2) is 0 Å². The molecule has 34 heavy (non-hydrogen) atoms. The van der Waals surface area contributed by atoms with Gasteiger partial charge in [-0.2, -0.15) is 0 Å². The van der Waals surface area contributed by atoms with Crippen LogP contribution >= 0.6 is 0 Å². The van der Waals surface area contributed by atoms with E-state index < -0.39 is 18.2 Å². The van der Waals surface area contributed by atoms with Crippen molar-refractivity contribution in [2.75, 3.05) is 24.5 Å². The van der Waals surface area contributed by atoms with E-state index >= 15 is 0 Å². The number of benzene rings is 2. The Morgan fingerprint density at radius 2 is 1.74 bits per heavy atom. The van der Waals surface area contributed by atoms with Crippen molar-refractivity contribution in [3.63, 3.8) is 0 Å². The molecule has 0 radical (unpaired) electrons. The normalized spacial score (nSPS) is 19.2. The quantitative estimate of drug-likeness (QED) is 0.585. The lowest BCUT2D eigenvalue weighted by atomic mass is 9.90. The number of hydrogen-bond donors (Lipinski definition) is 0. The number of esters is 1. The molecule has 2 aliphatic heterocycles. The average molecular weight is 465 g/mol. The van der Waals surface area contributed by atoms with Crippen LogP contribution < -0.4 is 9.64 Å². The molecule has 0 bridgehead atoms. The standard InChI is InChI=1S/C27H32N2O5/c1-19(26(31)28-15-12-22(13-16-28)18-21-8-4-3-5-9-21)34-25(30)14-17-29-23-10-6-7-11-24(23)33-20(2)27(29)32/h3-11,19-20,22H,12-18H2,1-2H3/t19-,20+/m1/s1. The third kappa shape index (κ3) is 5.58. The van der Waals surface area contributed by atoms with E-state index in [0.29, 0.717) is 30.4 Å². The summed E-state index contributed by atoms with van der Waals surface area (Å²) in [5, 5.41) is 0. The van der Waals surface area contributed by atoms with E-state index in [-0.39, 0.29) is 24.8 Å². The Labute approximate surface area is 200 Å². The van der Waals surface area contributed by atoms with Crippen LogP contribution in [0.15, 0.2) is 54.6 Å². The number of amides is 2. The van der Waals surface area contributed by atoms with Gasteiger partial charge >= 0.3 is 5.97 Å². The van der Waals surface area contributed by atoms with Crippen LogP contribution in [0.4, 0.5) is 5.69 Å². The number of piperidine rings is 1. The number of nitrogens with zero attached hydrogens (tertiary/aromatic N) is 2. The zero-order chi connectivity index (χ0) is 24.1. The Hall–Kier alpha value is -3.35. The van der Waals surface area contributed by atoms with Gasteiger partial charge in [-0.3, -0.25) is 14.4 Å². The fourth-order valence-corrected chi connectivity index (χ4v) is 4.66. The fraction of sp³-hybridized carbons (Fsp3) is 0.444. The van der Waals surface area contributed by atoms with Crippen LogP contribution in [0.3, 0.4) is 0 Å². The van der Waals surface area contributed by atoms with Gasteiger partial charge in [0.25, 0.3) is 11.8 Å². The molecule has 2 heterocycles. The van der Waals surface area contributed by atoms with Gasteiger partial charge < -0.3 is 19.3 Å². The maximum Gasteiger partial charge on any atom is 0.308 e. The Morgan fingerprint density at radius 3 is 2.47 bits per heavy atom.